The van der Waals surface area contributed by atoms with E-state index in [1.165, 1.54) is 122 Å². The van der Waals surface area contributed by atoms with E-state index in [9.17, 15) is 37.9 Å². The molecular formula is C42H80O12S. The van der Waals surface area contributed by atoms with Crippen LogP contribution in [0.4, 0.5) is 0 Å². The first-order chi connectivity index (χ1) is 26.5. The predicted octanol–water partition coefficient (Wildman–Crippen LogP) is 8.51. The molecule has 326 valence electrons. The largest absolute Gasteiger partial charge is 0.462 e. The number of hydrogen-bond donors (Lipinski definition) is 4. The molecular weight excluding hydrogens is 729 g/mol. The fourth-order valence-corrected chi connectivity index (χ4v) is 7.66. The number of unbranched alkanes of at least 4 members (excludes halogenated alkanes) is 25. The Hall–Kier alpha value is -1.35. The van der Waals surface area contributed by atoms with Crippen LogP contribution in [-0.2, 0) is 38.7 Å². The van der Waals surface area contributed by atoms with E-state index in [0.29, 0.717) is 12.8 Å². The number of aliphatic hydroxyl groups is 3. The van der Waals surface area contributed by atoms with Crippen LogP contribution in [0.25, 0.3) is 0 Å². The second kappa shape index (κ2) is 33.6. The molecule has 1 rings (SSSR count). The standard InChI is InChI=1S/C42H80O12S/c1-3-5-7-9-11-13-14-15-16-17-18-19-20-21-23-25-27-29-31-38(44)53-35(32-51-37(43)30-28-26-24-22-12-10-8-6-4-2)33-52-42-41(47)40(46)39(45)36(54-42)34-55(48,49)50/h35-36,39-42,45-47H,3-34H2,1-2H3,(H,48,49,50)/t35-,36-,39-,40?,41?,42+/m1/s1. The second-order valence-corrected chi connectivity index (χ2v) is 17.2. The van der Waals surface area contributed by atoms with Gasteiger partial charge in [-0.15, -0.1) is 0 Å². The first-order valence-corrected chi connectivity index (χ1v) is 23.7. The highest BCUT2D eigenvalue weighted by molar-refractivity contribution is 7.85. The van der Waals surface area contributed by atoms with Crippen LogP contribution in [0.2, 0.25) is 0 Å². The third-order valence-electron chi connectivity index (χ3n) is 10.4. The van der Waals surface area contributed by atoms with E-state index in [-0.39, 0.29) is 19.4 Å². The molecule has 1 heterocycles. The Morgan fingerprint density at radius 1 is 0.545 bits per heavy atom. The average Bonchev–Trinajstić information content (AvgIpc) is 3.14. The van der Waals surface area contributed by atoms with Crippen molar-refractivity contribution >= 4 is 22.1 Å². The minimum absolute atomic E-state index is 0.172. The molecule has 0 aromatic heterocycles. The van der Waals surface area contributed by atoms with Gasteiger partial charge in [-0.3, -0.25) is 14.1 Å². The van der Waals surface area contributed by atoms with Crippen LogP contribution in [0.15, 0.2) is 0 Å². The summed E-state index contributed by atoms with van der Waals surface area (Å²) in [5, 5.41) is 30.8. The lowest BCUT2D eigenvalue weighted by Gasteiger charge is -2.40. The summed E-state index contributed by atoms with van der Waals surface area (Å²) < 4.78 is 53.9. The third-order valence-corrected chi connectivity index (χ3v) is 11.2. The van der Waals surface area contributed by atoms with Crippen LogP contribution in [0.1, 0.15) is 200 Å². The molecule has 0 spiro atoms. The highest BCUT2D eigenvalue weighted by Gasteiger charge is 2.46. The van der Waals surface area contributed by atoms with Crippen LogP contribution in [-0.4, -0.2) is 96.0 Å². The molecule has 13 heteroatoms. The SMILES string of the molecule is CCCCCCCCCCCCCCCCCCCCC(=O)O[C@H](COC(=O)CCCCCCCCCCC)CO[C@H]1O[C@H](CS(=O)(=O)O)[C@@H](O)C(O)C1O. The van der Waals surface area contributed by atoms with E-state index in [0.717, 1.165) is 38.5 Å². The molecule has 0 radical (unpaired) electrons. The predicted molar refractivity (Wildman–Crippen MR) is 215 cm³/mol. The quantitative estimate of drug-likeness (QED) is 0.0267. The fraction of sp³-hybridized carbons (Fsp3) is 0.952. The number of carbonyl (C=O) groups is 2. The van der Waals surface area contributed by atoms with Gasteiger partial charge in [-0.2, -0.15) is 8.42 Å². The first-order valence-electron chi connectivity index (χ1n) is 22.1. The molecule has 0 saturated carbocycles. The molecule has 1 aliphatic heterocycles. The third kappa shape index (κ3) is 28.7. The van der Waals surface area contributed by atoms with Crippen LogP contribution in [0, 0.1) is 0 Å². The smallest absolute Gasteiger partial charge is 0.306 e. The molecule has 6 atom stereocenters. The van der Waals surface area contributed by atoms with Crippen molar-refractivity contribution in [1.29, 1.82) is 0 Å². The summed E-state index contributed by atoms with van der Waals surface area (Å²) in [6, 6.07) is 0. The van der Waals surface area contributed by atoms with E-state index in [2.05, 4.69) is 13.8 Å². The Morgan fingerprint density at radius 3 is 1.33 bits per heavy atom. The van der Waals surface area contributed by atoms with Crippen molar-refractivity contribution in [2.75, 3.05) is 19.0 Å². The Bertz CT molecular complexity index is 1040. The van der Waals surface area contributed by atoms with Crippen molar-refractivity contribution in [2.45, 2.75) is 237 Å². The van der Waals surface area contributed by atoms with Gasteiger partial charge in [-0.25, -0.2) is 0 Å². The number of rotatable bonds is 37. The number of carbonyl (C=O) groups excluding carboxylic acids is 2. The normalized spacial score (nSPS) is 20.7. The van der Waals surface area contributed by atoms with Gasteiger partial charge in [0, 0.05) is 12.8 Å². The van der Waals surface area contributed by atoms with Crippen molar-refractivity contribution < 1.29 is 56.8 Å². The Labute approximate surface area is 333 Å². The molecule has 0 aromatic rings. The highest BCUT2D eigenvalue weighted by Crippen LogP contribution is 2.24. The molecule has 1 fully saturated rings. The maximum absolute atomic E-state index is 12.8. The number of aliphatic hydroxyl groups excluding tert-OH is 3. The zero-order valence-corrected chi connectivity index (χ0v) is 35.4. The highest BCUT2D eigenvalue weighted by atomic mass is 32.2. The molecule has 0 bridgehead atoms. The van der Waals surface area contributed by atoms with Crippen molar-refractivity contribution in [3.8, 4) is 0 Å². The molecule has 2 unspecified atom stereocenters. The van der Waals surface area contributed by atoms with Crippen molar-refractivity contribution in [1.82, 2.24) is 0 Å². The molecule has 4 N–H and O–H groups in total. The summed E-state index contributed by atoms with van der Waals surface area (Å²) in [5.41, 5.74) is 0. The summed E-state index contributed by atoms with van der Waals surface area (Å²) >= 11 is 0. The first kappa shape index (κ1) is 51.7. The van der Waals surface area contributed by atoms with E-state index >= 15 is 0 Å². The Kier molecular flexibility index (Phi) is 31.6. The van der Waals surface area contributed by atoms with Crippen LogP contribution >= 0.6 is 0 Å². The summed E-state index contributed by atoms with van der Waals surface area (Å²) in [5.74, 6) is -1.97. The molecule has 12 nitrogen and oxygen atoms in total. The lowest BCUT2D eigenvalue weighted by molar-refractivity contribution is -0.297. The van der Waals surface area contributed by atoms with Gasteiger partial charge < -0.3 is 34.3 Å². The van der Waals surface area contributed by atoms with Gasteiger partial charge in [0.05, 0.1) is 6.61 Å². The molecule has 0 aliphatic carbocycles. The summed E-state index contributed by atoms with van der Waals surface area (Å²) in [6.07, 6.45) is 23.1. The van der Waals surface area contributed by atoms with Crippen molar-refractivity contribution in [3.63, 3.8) is 0 Å². The monoisotopic (exact) mass is 809 g/mol. The summed E-state index contributed by atoms with van der Waals surface area (Å²) in [6.45, 7) is 3.75. The van der Waals surface area contributed by atoms with Gasteiger partial charge in [0.2, 0.25) is 0 Å². The van der Waals surface area contributed by atoms with Crippen LogP contribution in [0.5, 0.6) is 0 Å². The molecule has 1 aliphatic rings. The number of esters is 2. The average molecular weight is 809 g/mol. The van der Waals surface area contributed by atoms with Gasteiger partial charge in [-0.1, -0.05) is 174 Å². The lowest BCUT2D eigenvalue weighted by atomic mass is 10.00. The summed E-state index contributed by atoms with van der Waals surface area (Å²) in [7, 11) is -4.59. The molecule has 0 amide bonds. The molecule has 1 saturated heterocycles. The Balaban J connectivity index is 2.40. The molecule has 0 aromatic carbocycles. The maximum atomic E-state index is 12.8. The molecule has 55 heavy (non-hydrogen) atoms. The minimum atomic E-state index is -4.59. The van der Waals surface area contributed by atoms with Gasteiger partial charge in [0.1, 0.15) is 36.8 Å². The van der Waals surface area contributed by atoms with E-state index in [4.69, 9.17) is 18.9 Å². The zero-order valence-electron chi connectivity index (χ0n) is 34.6. The van der Waals surface area contributed by atoms with Gasteiger partial charge in [0.15, 0.2) is 12.4 Å². The fourth-order valence-electron chi connectivity index (χ4n) is 6.97. The van der Waals surface area contributed by atoms with E-state index in [1.54, 1.807) is 0 Å². The van der Waals surface area contributed by atoms with E-state index in [1.807, 2.05) is 0 Å². The van der Waals surface area contributed by atoms with Gasteiger partial charge in [-0.05, 0) is 12.8 Å². The van der Waals surface area contributed by atoms with Crippen LogP contribution in [0.3, 0.4) is 0 Å². The van der Waals surface area contributed by atoms with Crippen molar-refractivity contribution in [3.05, 3.63) is 0 Å². The minimum Gasteiger partial charge on any atom is -0.462 e. The van der Waals surface area contributed by atoms with E-state index < -0.39 is 71.2 Å². The van der Waals surface area contributed by atoms with Crippen LogP contribution < -0.4 is 0 Å². The topological polar surface area (TPSA) is 186 Å². The Morgan fingerprint density at radius 2 is 0.927 bits per heavy atom. The second-order valence-electron chi connectivity index (χ2n) is 15.7. The van der Waals surface area contributed by atoms with Crippen molar-refractivity contribution in [2.24, 2.45) is 0 Å². The number of ether oxygens (including phenoxy) is 4. The maximum Gasteiger partial charge on any atom is 0.306 e. The summed E-state index contributed by atoms with van der Waals surface area (Å²) in [4.78, 5) is 25.3. The lowest BCUT2D eigenvalue weighted by Crippen LogP contribution is -2.60. The van der Waals surface area contributed by atoms with Gasteiger partial charge in [0.25, 0.3) is 10.1 Å². The zero-order chi connectivity index (χ0) is 40.6. The number of hydrogen-bond acceptors (Lipinski definition) is 11. The van der Waals surface area contributed by atoms with Gasteiger partial charge >= 0.3 is 11.9 Å².